The molecule has 1 aliphatic rings. The molecular weight excluding hydrogens is 277 g/mol. The first-order chi connectivity index (χ1) is 10.0. The number of amides is 1. The highest BCUT2D eigenvalue weighted by atomic mass is 19.1. The first-order valence-corrected chi connectivity index (χ1v) is 6.82. The Morgan fingerprint density at radius 1 is 1.29 bits per heavy atom. The zero-order valence-electron chi connectivity index (χ0n) is 12.0. The van der Waals surface area contributed by atoms with Gasteiger partial charge in [0.05, 0.1) is 17.4 Å². The van der Waals surface area contributed by atoms with Crippen molar-refractivity contribution in [2.24, 2.45) is 0 Å². The summed E-state index contributed by atoms with van der Waals surface area (Å²) in [6, 6.07) is 3.74. The summed E-state index contributed by atoms with van der Waals surface area (Å²) in [4.78, 5) is 23.1. The van der Waals surface area contributed by atoms with E-state index in [1.807, 2.05) is 0 Å². The van der Waals surface area contributed by atoms with Crippen molar-refractivity contribution in [1.82, 2.24) is 0 Å². The van der Waals surface area contributed by atoms with Crippen LogP contribution in [0.1, 0.15) is 36.5 Å². The molecule has 114 valence electrons. The second-order valence-electron chi connectivity index (χ2n) is 5.02. The number of benzene rings is 1. The molecule has 0 aromatic heterocycles. The largest absolute Gasteiger partial charge is 0.456 e. The molecule has 0 radical (unpaired) electrons. The molecule has 0 bridgehead atoms. The van der Waals surface area contributed by atoms with Crippen LogP contribution in [0, 0.1) is 5.82 Å². The number of anilines is 1. The van der Waals surface area contributed by atoms with Crippen LogP contribution in [0.4, 0.5) is 10.1 Å². The van der Waals surface area contributed by atoms with Gasteiger partial charge in [0, 0.05) is 14.0 Å². The first kappa shape index (κ1) is 15.4. The Morgan fingerprint density at radius 3 is 2.67 bits per heavy atom. The minimum Gasteiger partial charge on any atom is -0.456 e. The van der Waals surface area contributed by atoms with Gasteiger partial charge in [-0.15, -0.1) is 0 Å². The van der Waals surface area contributed by atoms with Gasteiger partial charge in [-0.05, 0) is 37.5 Å². The number of carbonyl (C=O) groups is 2. The average molecular weight is 295 g/mol. The summed E-state index contributed by atoms with van der Waals surface area (Å²) in [5, 5.41) is 2.34. The van der Waals surface area contributed by atoms with E-state index in [1.54, 1.807) is 7.11 Å². The van der Waals surface area contributed by atoms with E-state index in [0.29, 0.717) is 0 Å². The second-order valence-corrected chi connectivity index (χ2v) is 5.02. The van der Waals surface area contributed by atoms with E-state index in [4.69, 9.17) is 9.47 Å². The quantitative estimate of drug-likeness (QED) is 0.867. The van der Waals surface area contributed by atoms with Crippen molar-refractivity contribution >= 4 is 17.6 Å². The molecule has 5 nitrogen and oxygen atoms in total. The van der Waals surface area contributed by atoms with E-state index in [2.05, 4.69) is 5.32 Å². The molecule has 1 aromatic rings. The van der Waals surface area contributed by atoms with E-state index in [1.165, 1.54) is 19.1 Å². The highest BCUT2D eigenvalue weighted by Crippen LogP contribution is 2.26. The minimum atomic E-state index is -0.600. The Labute approximate surface area is 122 Å². The first-order valence-electron chi connectivity index (χ1n) is 6.82. The van der Waals surface area contributed by atoms with Gasteiger partial charge < -0.3 is 14.8 Å². The van der Waals surface area contributed by atoms with Crippen LogP contribution in [0.15, 0.2) is 18.2 Å². The van der Waals surface area contributed by atoms with Crippen LogP contribution in [0.3, 0.4) is 0 Å². The fourth-order valence-corrected chi connectivity index (χ4v) is 2.44. The summed E-state index contributed by atoms with van der Waals surface area (Å²) in [5.41, 5.74) is 0.161. The van der Waals surface area contributed by atoms with Crippen LogP contribution >= 0.6 is 0 Å². The minimum absolute atomic E-state index is 0.0355. The molecule has 0 unspecified atom stereocenters. The van der Waals surface area contributed by atoms with E-state index in [9.17, 15) is 14.0 Å². The molecule has 0 saturated heterocycles. The standard InChI is InChI=1S/C15H18FNO4/c1-9(18)17-12-8-10(6-7-11(12)16)15(19)21-14-5-3-4-13(14)20-2/h6-8,13-14H,3-5H2,1-2H3,(H,17,18)/t13-,14-/m0/s1. The number of hydrogen-bond donors (Lipinski definition) is 1. The molecule has 0 aliphatic heterocycles. The number of nitrogens with one attached hydrogen (secondary N) is 1. The van der Waals surface area contributed by atoms with Crippen LogP contribution in [0.2, 0.25) is 0 Å². The lowest BCUT2D eigenvalue weighted by Gasteiger charge is -2.19. The summed E-state index contributed by atoms with van der Waals surface area (Å²) in [5.74, 6) is -1.55. The maximum atomic E-state index is 13.5. The molecule has 0 spiro atoms. The van der Waals surface area contributed by atoms with Crippen molar-refractivity contribution in [3.8, 4) is 0 Å². The van der Waals surface area contributed by atoms with Gasteiger partial charge in [0.15, 0.2) is 0 Å². The molecule has 1 amide bonds. The molecular formula is C15H18FNO4. The van der Waals surface area contributed by atoms with E-state index < -0.39 is 17.7 Å². The predicted molar refractivity (Wildman–Crippen MR) is 74.6 cm³/mol. The van der Waals surface area contributed by atoms with Crippen LogP contribution < -0.4 is 5.32 Å². The van der Waals surface area contributed by atoms with Gasteiger partial charge in [-0.2, -0.15) is 0 Å². The summed E-state index contributed by atoms with van der Waals surface area (Å²) >= 11 is 0. The molecule has 2 atom stereocenters. The summed E-state index contributed by atoms with van der Waals surface area (Å²) in [6.07, 6.45) is 2.18. The monoisotopic (exact) mass is 295 g/mol. The van der Waals surface area contributed by atoms with Gasteiger partial charge in [0.2, 0.25) is 5.91 Å². The second kappa shape index (κ2) is 6.67. The maximum Gasteiger partial charge on any atom is 0.338 e. The topological polar surface area (TPSA) is 64.6 Å². The highest BCUT2D eigenvalue weighted by molar-refractivity contribution is 5.93. The van der Waals surface area contributed by atoms with E-state index in [-0.39, 0.29) is 23.5 Å². The third kappa shape index (κ3) is 3.78. The Balaban J connectivity index is 2.10. The van der Waals surface area contributed by atoms with Crippen molar-refractivity contribution in [1.29, 1.82) is 0 Å². The zero-order valence-corrected chi connectivity index (χ0v) is 12.0. The maximum absolute atomic E-state index is 13.5. The predicted octanol–water partition coefficient (Wildman–Crippen LogP) is 2.51. The van der Waals surface area contributed by atoms with Crippen molar-refractivity contribution in [3.05, 3.63) is 29.6 Å². The van der Waals surface area contributed by atoms with Crippen molar-refractivity contribution in [2.75, 3.05) is 12.4 Å². The number of ether oxygens (including phenoxy) is 2. The van der Waals surface area contributed by atoms with Crippen LogP contribution in [0.25, 0.3) is 0 Å². The van der Waals surface area contributed by atoms with Crippen molar-refractivity contribution in [3.63, 3.8) is 0 Å². The molecule has 2 rings (SSSR count). The van der Waals surface area contributed by atoms with E-state index in [0.717, 1.165) is 25.3 Å². The summed E-state index contributed by atoms with van der Waals surface area (Å²) in [6.45, 7) is 1.27. The molecule has 0 heterocycles. The fourth-order valence-electron chi connectivity index (χ4n) is 2.44. The van der Waals surface area contributed by atoms with Gasteiger partial charge in [0.25, 0.3) is 0 Å². The SMILES string of the molecule is CO[C@H]1CCC[C@@H]1OC(=O)c1ccc(F)c(NC(C)=O)c1. The number of halogens is 1. The normalized spacial score (nSPS) is 21.1. The Bertz CT molecular complexity index is 546. The summed E-state index contributed by atoms with van der Waals surface area (Å²) in [7, 11) is 1.59. The zero-order chi connectivity index (χ0) is 15.4. The molecule has 1 aromatic carbocycles. The van der Waals surface area contributed by atoms with Gasteiger partial charge in [-0.25, -0.2) is 9.18 Å². The Morgan fingerprint density at radius 2 is 2.00 bits per heavy atom. The number of rotatable bonds is 4. The number of hydrogen-bond acceptors (Lipinski definition) is 4. The third-order valence-electron chi connectivity index (χ3n) is 3.47. The van der Waals surface area contributed by atoms with E-state index >= 15 is 0 Å². The summed E-state index contributed by atoms with van der Waals surface area (Å²) < 4.78 is 24.2. The smallest absolute Gasteiger partial charge is 0.338 e. The lowest BCUT2D eigenvalue weighted by atomic mass is 10.2. The number of carbonyl (C=O) groups excluding carboxylic acids is 2. The lowest BCUT2D eigenvalue weighted by Crippen LogP contribution is -2.27. The van der Waals surface area contributed by atoms with Gasteiger partial charge >= 0.3 is 5.97 Å². The molecule has 1 N–H and O–H groups in total. The van der Waals surface area contributed by atoms with Crippen LogP contribution in [0.5, 0.6) is 0 Å². The van der Waals surface area contributed by atoms with Crippen molar-refractivity contribution < 1.29 is 23.5 Å². The molecule has 1 fully saturated rings. The van der Waals surface area contributed by atoms with Crippen LogP contribution in [-0.4, -0.2) is 31.2 Å². The molecule has 1 saturated carbocycles. The third-order valence-corrected chi connectivity index (χ3v) is 3.47. The van der Waals surface area contributed by atoms with Gasteiger partial charge in [0.1, 0.15) is 11.9 Å². The molecule has 1 aliphatic carbocycles. The van der Waals surface area contributed by atoms with Gasteiger partial charge in [-0.1, -0.05) is 0 Å². The molecule has 21 heavy (non-hydrogen) atoms. The fraction of sp³-hybridized carbons (Fsp3) is 0.467. The Hall–Kier alpha value is -1.95. The number of methoxy groups -OCH3 is 1. The molecule has 6 heteroatoms. The lowest BCUT2D eigenvalue weighted by molar-refractivity contribution is -0.114. The highest BCUT2D eigenvalue weighted by Gasteiger charge is 2.30. The van der Waals surface area contributed by atoms with Gasteiger partial charge in [-0.3, -0.25) is 4.79 Å². The Kier molecular flexibility index (Phi) is 4.90. The van der Waals surface area contributed by atoms with Crippen molar-refractivity contribution in [2.45, 2.75) is 38.4 Å². The average Bonchev–Trinajstić information content (AvgIpc) is 2.87. The van der Waals surface area contributed by atoms with Crippen LogP contribution in [-0.2, 0) is 14.3 Å². The number of esters is 1.